The standard InChI is InChI=1S/C11H18N2O/c1-9(14)4-3-7-13-11-6-2-5-10(12)8-11/h2,5-6,8-9,13-14H,3-4,7,12H2,1H3. The summed E-state index contributed by atoms with van der Waals surface area (Å²) in [6, 6.07) is 7.68. The molecule has 78 valence electrons. The van der Waals surface area contributed by atoms with Crippen LogP contribution in [0.3, 0.4) is 0 Å². The van der Waals surface area contributed by atoms with E-state index in [2.05, 4.69) is 5.32 Å². The monoisotopic (exact) mass is 194 g/mol. The molecule has 0 bridgehead atoms. The number of nitrogen functional groups attached to an aromatic ring is 1. The van der Waals surface area contributed by atoms with E-state index in [0.29, 0.717) is 0 Å². The Kier molecular flexibility index (Phi) is 4.26. The first-order chi connectivity index (χ1) is 6.68. The zero-order valence-corrected chi connectivity index (χ0v) is 8.53. The number of hydrogen-bond donors (Lipinski definition) is 3. The molecule has 3 nitrogen and oxygen atoms in total. The van der Waals surface area contributed by atoms with Gasteiger partial charge in [-0.2, -0.15) is 0 Å². The van der Waals surface area contributed by atoms with Crippen molar-refractivity contribution in [1.82, 2.24) is 0 Å². The molecule has 0 fully saturated rings. The van der Waals surface area contributed by atoms with E-state index in [1.807, 2.05) is 24.3 Å². The molecule has 0 aliphatic rings. The number of rotatable bonds is 5. The van der Waals surface area contributed by atoms with Crippen LogP contribution >= 0.6 is 0 Å². The third kappa shape index (κ3) is 4.14. The van der Waals surface area contributed by atoms with Gasteiger partial charge in [0.05, 0.1) is 6.10 Å². The van der Waals surface area contributed by atoms with Crippen molar-refractivity contribution in [1.29, 1.82) is 0 Å². The number of aliphatic hydroxyl groups is 1. The average Bonchev–Trinajstić information content (AvgIpc) is 2.12. The summed E-state index contributed by atoms with van der Waals surface area (Å²) in [5.74, 6) is 0. The Hall–Kier alpha value is -1.22. The van der Waals surface area contributed by atoms with Crippen molar-refractivity contribution < 1.29 is 5.11 Å². The summed E-state index contributed by atoms with van der Waals surface area (Å²) in [5.41, 5.74) is 7.44. The Bertz CT molecular complexity index is 274. The number of benzene rings is 1. The molecule has 0 saturated carbocycles. The van der Waals surface area contributed by atoms with Crippen molar-refractivity contribution in [3.05, 3.63) is 24.3 Å². The second-order valence-corrected chi connectivity index (χ2v) is 3.54. The minimum atomic E-state index is -0.211. The van der Waals surface area contributed by atoms with Crippen LogP contribution in [-0.2, 0) is 0 Å². The van der Waals surface area contributed by atoms with Crippen molar-refractivity contribution in [2.24, 2.45) is 0 Å². The predicted molar refractivity (Wildman–Crippen MR) is 60.3 cm³/mol. The van der Waals surface area contributed by atoms with Crippen LogP contribution in [0.4, 0.5) is 11.4 Å². The average molecular weight is 194 g/mol. The van der Waals surface area contributed by atoms with Crippen LogP contribution in [0, 0.1) is 0 Å². The molecule has 1 aromatic rings. The summed E-state index contributed by atoms with van der Waals surface area (Å²) < 4.78 is 0. The van der Waals surface area contributed by atoms with E-state index in [-0.39, 0.29) is 6.10 Å². The van der Waals surface area contributed by atoms with Gasteiger partial charge in [0, 0.05) is 17.9 Å². The second-order valence-electron chi connectivity index (χ2n) is 3.54. The molecule has 1 rings (SSSR count). The molecule has 1 atom stereocenters. The maximum absolute atomic E-state index is 9.05. The van der Waals surface area contributed by atoms with Crippen LogP contribution in [0.2, 0.25) is 0 Å². The second kappa shape index (κ2) is 5.50. The van der Waals surface area contributed by atoms with Crippen LogP contribution in [0.1, 0.15) is 19.8 Å². The Morgan fingerprint density at radius 1 is 1.50 bits per heavy atom. The maximum Gasteiger partial charge on any atom is 0.0512 e. The number of hydrogen-bond acceptors (Lipinski definition) is 3. The van der Waals surface area contributed by atoms with Crippen molar-refractivity contribution in [3.8, 4) is 0 Å². The van der Waals surface area contributed by atoms with Gasteiger partial charge < -0.3 is 16.2 Å². The zero-order valence-electron chi connectivity index (χ0n) is 8.53. The molecule has 1 aromatic carbocycles. The van der Waals surface area contributed by atoms with Gasteiger partial charge in [0.1, 0.15) is 0 Å². The fraction of sp³-hybridized carbons (Fsp3) is 0.455. The number of anilines is 2. The first kappa shape index (κ1) is 10.9. The normalized spacial score (nSPS) is 12.4. The molecule has 0 aromatic heterocycles. The van der Waals surface area contributed by atoms with E-state index >= 15 is 0 Å². The van der Waals surface area contributed by atoms with Gasteiger partial charge in [-0.25, -0.2) is 0 Å². The van der Waals surface area contributed by atoms with Crippen LogP contribution < -0.4 is 11.1 Å². The molecular formula is C11H18N2O. The molecule has 0 amide bonds. The Labute approximate surface area is 84.9 Å². The lowest BCUT2D eigenvalue weighted by molar-refractivity contribution is 0.183. The van der Waals surface area contributed by atoms with E-state index in [4.69, 9.17) is 10.8 Å². The quantitative estimate of drug-likeness (QED) is 0.495. The first-order valence-electron chi connectivity index (χ1n) is 4.96. The summed E-state index contributed by atoms with van der Waals surface area (Å²) in [4.78, 5) is 0. The highest BCUT2D eigenvalue weighted by Crippen LogP contribution is 2.11. The van der Waals surface area contributed by atoms with E-state index in [1.54, 1.807) is 6.92 Å². The Morgan fingerprint density at radius 2 is 2.29 bits per heavy atom. The Morgan fingerprint density at radius 3 is 2.93 bits per heavy atom. The van der Waals surface area contributed by atoms with Crippen molar-refractivity contribution in [2.45, 2.75) is 25.9 Å². The summed E-state index contributed by atoms with van der Waals surface area (Å²) in [7, 11) is 0. The van der Waals surface area contributed by atoms with Gasteiger partial charge in [-0.1, -0.05) is 6.07 Å². The van der Waals surface area contributed by atoms with Gasteiger partial charge in [-0.05, 0) is 38.0 Å². The van der Waals surface area contributed by atoms with Gasteiger partial charge >= 0.3 is 0 Å². The molecule has 0 radical (unpaired) electrons. The third-order valence-electron chi connectivity index (χ3n) is 2.01. The van der Waals surface area contributed by atoms with Crippen LogP contribution in [0.25, 0.3) is 0 Å². The number of aliphatic hydroxyl groups excluding tert-OH is 1. The molecule has 0 aliphatic carbocycles. The highest BCUT2D eigenvalue weighted by molar-refractivity contribution is 5.53. The number of nitrogens with two attached hydrogens (primary N) is 1. The molecule has 0 aliphatic heterocycles. The summed E-state index contributed by atoms with van der Waals surface area (Å²) in [6.45, 7) is 2.68. The lowest BCUT2D eigenvalue weighted by atomic mass is 10.2. The van der Waals surface area contributed by atoms with E-state index in [0.717, 1.165) is 30.8 Å². The summed E-state index contributed by atoms with van der Waals surface area (Å²) >= 11 is 0. The molecular weight excluding hydrogens is 176 g/mol. The largest absolute Gasteiger partial charge is 0.399 e. The highest BCUT2D eigenvalue weighted by Gasteiger charge is 1.95. The molecule has 0 saturated heterocycles. The van der Waals surface area contributed by atoms with E-state index in [1.165, 1.54) is 0 Å². The van der Waals surface area contributed by atoms with Gasteiger partial charge in [-0.15, -0.1) is 0 Å². The van der Waals surface area contributed by atoms with Crippen LogP contribution in [0.15, 0.2) is 24.3 Å². The summed E-state index contributed by atoms with van der Waals surface area (Å²) in [5, 5.41) is 12.3. The van der Waals surface area contributed by atoms with Crippen molar-refractivity contribution in [3.63, 3.8) is 0 Å². The first-order valence-corrected chi connectivity index (χ1v) is 4.96. The third-order valence-corrected chi connectivity index (χ3v) is 2.01. The summed E-state index contributed by atoms with van der Waals surface area (Å²) in [6.07, 6.45) is 1.58. The predicted octanol–water partition coefficient (Wildman–Crippen LogP) is 1.84. The molecule has 0 spiro atoms. The molecule has 0 heterocycles. The van der Waals surface area contributed by atoms with Gasteiger partial charge in [0.15, 0.2) is 0 Å². The van der Waals surface area contributed by atoms with Crippen LogP contribution in [-0.4, -0.2) is 17.8 Å². The fourth-order valence-electron chi connectivity index (χ4n) is 1.28. The minimum absolute atomic E-state index is 0.211. The lowest BCUT2D eigenvalue weighted by Crippen LogP contribution is -2.06. The Balaban J connectivity index is 2.25. The SMILES string of the molecule is CC(O)CCCNc1cccc(N)c1. The zero-order chi connectivity index (χ0) is 10.4. The van der Waals surface area contributed by atoms with Gasteiger partial charge in [0.25, 0.3) is 0 Å². The van der Waals surface area contributed by atoms with Crippen molar-refractivity contribution in [2.75, 3.05) is 17.6 Å². The van der Waals surface area contributed by atoms with Crippen molar-refractivity contribution >= 4 is 11.4 Å². The lowest BCUT2D eigenvalue weighted by Gasteiger charge is -2.07. The maximum atomic E-state index is 9.05. The van der Waals surface area contributed by atoms with Gasteiger partial charge in [0.2, 0.25) is 0 Å². The molecule has 3 heteroatoms. The topological polar surface area (TPSA) is 58.3 Å². The van der Waals surface area contributed by atoms with Gasteiger partial charge in [-0.3, -0.25) is 0 Å². The minimum Gasteiger partial charge on any atom is -0.399 e. The van der Waals surface area contributed by atoms with Crippen LogP contribution in [0.5, 0.6) is 0 Å². The number of nitrogens with one attached hydrogen (secondary N) is 1. The molecule has 4 N–H and O–H groups in total. The molecule has 14 heavy (non-hydrogen) atoms. The van der Waals surface area contributed by atoms with E-state index in [9.17, 15) is 0 Å². The molecule has 1 unspecified atom stereocenters. The smallest absolute Gasteiger partial charge is 0.0512 e. The fourth-order valence-corrected chi connectivity index (χ4v) is 1.28. The highest BCUT2D eigenvalue weighted by atomic mass is 16.3. The van der Waals surface area contributed by atoms with E-state index < -0.39 is 0 Å².